The number of nitrogens with zero attached hydrogens (tertiary/aromatic N) is 4. The van der Waals surface area contributed by atoms with Gasteiger partial charge < -0.3 is 19.6 Å². The van der Waals surface area contributed by atoms with Crippen LogP contribution in [0, 0.1) is 5.92 Å². The number of ether oxygens (including phenoxy) is 1. The molecule has 1 aromatic heterocycles. The highest BCUT2D eigenvalue weighted by atomic mass is 19.1. The molecule has 2 bridgehead atoms. The van der Waals surface area contributed by atoms with E-state index in [1.54, 1.807) is 18.2 Å². The van der Waals surface area contributed by atoms with Crippen molar-refractivity contribution >= 4 is 23.8 Å². The zero-order chi connectivity index (χ0) is 28.8. The van der Waals surface area contributed by atoms with Crippen molar-refractivity contribution in [3.05, 3.63) is 57.8 Å². The third kappa shape index (κ3) is 4.44. The number of carboxylic acids is 1. The number of fused-ring (bicyclic) bond motifs is 2. The second-order valence-corrected chi connectivity index (χ2v) is 10.7. The van der Waals surface area contributed by atoms with Gasteiger partial charge in [0.25, 0.3) is 5.56 Å². The number of aromatic nitrogens is 2. The molecule has 1 saturated heterocycles. The number of likely N-dealkylation sites (tertiary alicyclic amines) is 1. The summed E-state index contributed by atoms with van der Waals surface area (Å²) < 4.78 is 20.5. The van der Waals surface area contributed by atoms with Crippen molar-refractivity contribution in [1.82, 2.24) is 19.4 Å². The van der Waals surface area contributed by atoms with E-state index in [1.807, 2.05) is 6.92 Å². The molecule has 1 N–H and O–H groups in total. The zero-order valence-electron chi connectivity index (χ0n) is 22.3. The molecule has 1 aromatic carbocycles. The van der Waals surface area contributed by atoms with Crippen molar-refractivity contribution in [3.63, 3.8) is 0 Å². The summed E-state index contributed by atoms with van der Waals surface area (Å²) in [6.07, 6.45) is 1.37. The molecule has 4 heterocycles. The molecular weight excluding hydrogens is 523 g/mol. The van der Waals surface area contributed by atoms with Crippen molar-refractivity contribution in [1.29, 1.82) is 0 Å². The maximum Gasteiger partial charge on any atom is 0.358 e. The summed E-state index contributed by atoms with van der Waals surface area (Å²) in [5.74, 6) is -4.83. The lowest BCUT2D eigenvalue weighted by Crippen LogP contribution is -2.55. The van der Waals surface area contributed by atoms with Crippen LogP contribution in [0.2, 0.25) is 0 Å². The Balaban J connectivity index is 1.63. The fraction of sp³-hybridized carbons (Fsp3) is 0.500. The van der Waals surface area contributed by atoms with Crippen LogP contribution in [0.4, 0.5) is 4.39 Å². The molecule has 212 valence electrons. The number of esters is 1. The fourth-order valence-electron chi connectivity index (χ4n) is 6.43. The van der Waals surface area contributed by atoms with E-state index in [0.29, 0.717) is 32.1 Å². The maximum absolute atomic E-state index is 14.0. The highest BCUT2D eigenvalue weighted by Crippen LogP contribution is 2.50. The molecule has 1 unspecified atom stereocenters. The quantitative estimate of drug-likeness (QED) is 0.440. The highest BCUT2D eigenvalue weighted by Gasteiger charge is 2.53. The Morgan fingerprint density at radius 2 is 1.82 bits per heavy atom. The number of carboxylic acid groups (broad SMARTS) is 1. The van der Waals surface area contributed by atoms with Gasteiger partial charge in [0.1, 0.15) is 17.5 Å². The molecule has 12 heteroatoms. The molecule has 2 atom stereocenters. The molecule has 3 aliphatic heterocycles. The second-order valence-electron chi connectivity index (χ2n) is 10.7. The van der Waals surface area contributed by atoms with Crippen LogP contribution < -0.4 is 10.3 Å². The average molecular weight is 555 g/mol. The van der Waals surface area contributed by atoms with E-state index in [9.17, 15) is 33.5 Å². The molecular formula is C28H31FN4O7. The second kappa shape index (κ2) is 10.5. The third-order valence-electron chi connectivity index (χ3n) is 8.60. The Bertz CT molecular complexity index is 1420. The average Bonchev–Trinajstić information content (AvgIpc) is 3.29. The number of halogens is 1. The summed E-state index contributed by atoms with van der Waals surface area (Å²) >= 11 is 0. The first-order chi connectivity index (χ1) is 19.1. The molecule has 0 radical (unpaired) electrons. The van der Waals surface area contributed by atoms with E-state index in [4.69, 9.17) is 4.74 Å². The van der Waals surface area contributed by atoms with Crippen LogP contribution in [-0.4, -0.2) is 74.5 Å². The van der Waals surface area contributed by atoms with Gasteiger partial charge in [-0.2, -0.15) is 0 Å². The van der Waals surface area contributed by atoms with Gasteiger partial charge in [-0.05, 0) is 56.6 Å². The predicted octanol–water partition coefficient (Wildman–Crippen LogP) is 2.54. The first kappa shape index (κ1) is 27.5. The van der Waals surface area contributed by atoms with Crippen molar-refractivity contribution < 1.29 is 33.4 Å². The normalized spacial score (nSPS) is 25.2. The lowest BCUT2D eigenvalue weighted by atomic mass is 9.74. The van der Waals surface area contributed by atoms with Gasteiger partial charge in [-0.3, -0.25) is 19.0 Å². The van der Waals surface area contributed by atoms with Crippen molar-refractivity contribution in [2.75, 3.05) is 20.1 Å². The number of carbonyl (C=O) groups excluding carboxylic acids is 3. The summed E-state index contributed by atoms with van der Waals surface area (Å²) in [5, 5.41) is 10.0. The fourth-order valence-corrected chi connectivity index (χ4v) is 6.43. The van der Waals surface area contributed by atoms with Crippen LogP contribution in [0.1, 0.15) is 78.2 Å². The van der Waals surface area contributed by atoms with Gasteiger partial charge in [-0.1, -0.05) is 25.1 Å². The van der Waals surface area contributed by atoms with E-state index in [2.05, 4.69) is 4.98 Å². The number of aromatic carboxylic acids is 1. The largest absolute Gasteiger partial charge is 0.476 e. The zero-order valence-corrected chi connectivity index (χ0v) is 22.3. The molecule has 4 aliphatic rings. The standard InChI is InChI=1S/C28H31FN4O7/c1-3-19-16-9-12-28(13-10-16,31(2)23(35)24(36)32-14-11-18(29)15-32)27-30-20(25(37)38)21(22(34)33(19)27)40-26(39)17-7-5-4-6-8-17/h4-8,16,18-19H,3,9-15H2,1-2H3,(H,37,38)/t16?,18-,19?,28?/m1/s1. The van der Waals surface area contributed by atoms with Crippen molar-refractivity contribution in [2.24, 2.45) is 5.92 Å². The highest BCUT2D eigenvalue weighted by molar-refractivity contribution is 6.35. The summed E-state index contributed by atoms with van der Waals surface area (Å²) in [6, 6.07) is 7.47. The topological polar surface area (TPSA) is 139 Å². The summed E-state index contributed by atoms with van der Waals surface area (Å²) in [6.45, 7) is 1.85. The number of hydrogen-bond donors (Lipinski definition) is 1. The lowest BCUT2D eigenvalue weighted by Gasteiger charge is -2.43. The van der Waals surface area contributed by atoms with Gasteiger partial charge in [0.15, 0.2) is 5.69 Å². The minimum Gasteiger partial charge on any atom is -0.476 e. The Morgan fingerprint density at radius 1 is 1.15 bits per heavy atom. The minimum atomic E-state index is -1.57. The maximum atomic E-state index is 14.0. The van der Waals surface area contributed by atoms with E-state index in [-0.39, 0.29) is 42.9 Å². The van der Waals surface area contributed by atoms with Gasteiger partial charge in [-0.25, -0.2) is 19.0 Å². The van der Waals surface area contributed by atoms with Gasteiger partial charge in [0.2, 0.25) is 5.75 Å². The predicted molar refractivity (Wildman–Crippen MR) is 139 cm³/mol. The monoisotopic (exact) mass is 554 g/mol. The minimum absolute atomic E-state index is 0.0253. The third-order valence-corrected chi connectivity index (χ3v) is 8.60. The van der Waals surface area contributed by atoms with E-state index >= 15 is 0 Å². The molecule has 1 saturated carbocycles. The Kier molecular flexibility index (Phi) is 7.19. The Hall–Kier alpha value is -4.09. The van der Waals surface area contributed by atoms with E-state index < -0.39 is 52.5 Å². The van der Waals surface area contributed by atoms with Crippen LogP contribution in [0.5, 0.6) is 5.75 Å². The van der Waals surface area contributed by atoms with Crippen LogP contribution in [0.3, 0.4) is 0 Å². The van der Waals surface area contributed by atoms with Crippen LogP contribution in [0.15, 0.2) is 35.1 Å². The van der Waals surface area contributed by atoms with Crippen molar-refractivity contribution in [3.8, 4) is 5.75 Å². The number of hydrogen-bond acceptors (Lipinski definition) is 7. The van der Waals surface area contributed by atoms with Gasteiger partial charge in [0, 0.05) is 19.6 Å². The molecule has 2 fully saturated rings. The molecule has 0 spiro atoms. The number of likely N-dealkylation sites (N-methyl/N-ethyl adjacent to an activating group) is 1. The molecule has 11 nitrogen and oxygen atoms in total. The van der Waals surface area contributed by atoms with Crippen LogP contribution >= 0.6 is 0 Å². The Morgan fingerprint density at radius 3 is 2.40 bits per heavy atom. The smallest absolute Gasteiger partial charge is 0.358 e. The SMILES string of the molecule is CCC1C2CCC(N(C)C(=O)C(=O)N3CC[C@@H](F)C3)(CC2)c2nc(C(=O)O)c(OC(=O)c3ccccc3)c(=O)n21. The summed E-state index contributed by atoms with van der Waals surface area (Å²) in [5.41, 5.74) is -2.70. The first-order valence-corrected chi connectivity index (χ1v) is 13.5. The molecule has 2 aromatic rings. The lowest BCUT2D eigenvalue weighted by molar-refractivity contribution is -0.155. The molecule has 2 amide bonds. The van der Waals surface area contributed by atoms with Gasteiger partial charge in [-0.15, -0.1) is 0 Å². The molecule has 6 rings (SSSR count). The van der Waals surface area contributed by atoms with Crippen LogP contribution in [-0.2, 0) is 15.1 Å². The van der Waals surface area contributed by atoms with Gasteiger partial charge in [0.05, 0.1) is 12.1 Å². The summed E-state index contributed by atoms with van der Waals surface area (Å²) in [7, 11) is 1.44. The van der Waals surface area contributed by atoms with Gasteiger partial charge >= 0.3 is 23.8 Å². The van der Waals surface area contributed by atoms with E-state index in [0.717, 1.165) is 0 Å². The van der Waals surface area contributed by atoms with E-state index in [1.165, 1.54) is 33.5 Å². The number of amides is 2. The molecule has 1 aliphatic carbocycles. The summed E-state index contributed by atoms with van der Waals surface area (Å²) in [4.78, 5) is 72.6. The Labute approximate surface area is 229 Å². The van der Waals surface area contributed by atoms with Crippen molar-refractivity contribution in [2.45, 2.75) is 63.2 Å². The molecule has 40 heavy (non-hydrogen) atoms. The van der Waals surface area contributed by atoms with Crippen LogP contribution in [0.25, 0.3) is 0 Å². The first-order valence-electron chi connectivity index (χ1n) is 13.5. The number of carbonyl (C=O) groups is 4. The number of benzene rings is 1. The number of alkyl halides is 1. The number of rotatable bonds is 5.